The van der Waals surface area contributed by atoms with Gasteiger partial charge in [-0.2, -0.15) is 0 Å². The van der Waals surface area contributed by atoms with Crippen molar-refractivity contribution in [2.45, 2.75) is 0 Å². The normalized spacial score (nSPS) is 11.4. The molecule has 0 bridgehead atoms. The van der Waals surface area contributed by atoms with E-state index in [9.17, 15) is 4.57 Å². The molecule has 0 spiro atoms. The zero-order valence-electron chi connectivity index (χ0n) is 16.6. The first-order chi connectivity index (χ1) is 14.6. The Hall–Kier alpha value is -3.18. The van der Waals surface area contributed by atoms with Gasteiger partial charge in [-0.25, -0.2) is 4.98 Å². The van der Waals surface area contributed by atoms with Crippen molar-refractivity contribution in [3.05, 3.63) is 85.2 Å². The molecule has 0 radical (unpaired) electrons. The van der Waals surface area contributed by atoms with Crippen LogP contribution < -0.4 is 5.30 Å². The minimum Gasteiger partial charge on any atom is -0.309 e. The molecule has 30 heavy (non-hydrogen) atoms. The third-order valence-electron chi connectivity index (χ3n) is 4.68. The largest absolute Gasteiger partial charge is 0.360 e. The minimum atomic E-state index is -3.29. The topological polar surface area (TPSA) is 74.2 Å². The van der Waals surface area contributed by atoms with Crippen molar-refractivity contribution >= 4 is 12.9 Å². The van der Waals surface area contributed by atoms with E-state index in [1.54, 1.807) is 24.5 Å². The predicted molar refractivity (Wildman–Crippen MR) is 117 cm³/mol. The first kappa shape index (κ1) is 20.1. The van der Waals surface area contributed by atoms with Crippen LogP contribution in [-0.4, -0.2) is 29.2 Å². The van der Waals surface area contributed by atoms with Crippen LogP contribution in [0.15, 0.2) is 85.2 Å². The molecule has 0 fully saturated rings. The van der Waals surface area contributed by atoms with E-state index in [2.05, 4.69) is 9.97 Å². The molecule has 0 saturated heterocycles. The molecule has 0 aliphatic carbocycles. The molecular formula is C23H20N3O3P. The smallest absolute Gasteiger partial charge is 0.309 e. The summed E-state index contributed by atoms with van der Waals surface area (Å²) in [5.41, 5.74) is 4.93. The fourth-order valence-corrected chi connectivity index (χ4v) is 4.19. The molecule has 0 saturated carbocycles. The maximum absolute atomic E-state index is 12.6. The maximum atomic E-state index is 12.6. The summed E-state index contributed by atoms with van der Waals surface area (Å²) in [7, 11) is -0.543. The summed E-state index contributed by atoms with van der Waals surface area (Å²) in [5.74, 6) is 0. The summed E-state index contributed by atoms with van der Waals surface area (Å²) >= 11 is 0. The van der Waals surface area contributed by atoms with Gasteiger partial charge in [-0.3, -0.25) is 14.5 Å². The zero-order chi connectivity index (χ0) is 21.0. The molecule has 0 unspecified atom stereocenters. The van der Waals surface area contributed by atoms with Crippen LogP contribution in [0.4, 0.5) is 0 Å². The van der Waals surface area contributed by atoms with Gasteiger partial charge in [-0.15, -0.1) is 0 Å². The van der Waals surface area contributed by atoms with Crippen LogP contribution in [-0.2, 0) is 13.6 Å². The Bertz CT molecular complexity index is 1120. The number of benzene rings is 1. The molecule has 4 rings (SSSR count). The second kappa shape index (κ2) is 8.67. The Labute approximate surface area is 175 Å². The summed E-state index contributed by atoms with van der Waals surface area (Å²) in [6.07, 6.45) is 3.48. The fourth-order valence-electron chi connectivity index (χ4n) is 3.11. The van der Waals surface area contributed by atoms with Gasteiger partial charge in [0.1, 0.15) is 0 Å². The highest BCUT2D eigenvalue weighted by Crippen LogP contribution is 2.45. The van der Waals surface area contributed by atoms with Crippen LogP contribution in [0.1, 0.15) is 0 Å². The van der Waals surface area contributed by atoms with Gasteiger partial charge in [0.05, 0.1) is 28.1 Å². The van der Waals surface area contributed by atoms with Crippen molar-refractivity contribution in [2.24, 2.45) is 0 Å². The second-order valence-electron chi connectivity index (χ2n) is 6.47. The van der Waals surface area contributed by atoms with E-state index in [-0.39, 0.29) is 0 Å². The maximum Gasteiger partial charge on any atom is 0.360 e. The molecule has 0 aliphatic rings. The fraction of sp³-hybridized carbons (Fsp3) is 0.0870. The monoisotopic (exact) mass is 417 g/mol. The van der Waals surface area contributed by atoms with Crippen molar-refractivity contribution < 1.29 is 13.6 Å². The van der Waals surface area contributed by atoms with Gasteiger partial charge in [0.15, 0.2) is 0 Å². The van der Waals surface area contributed by atoms with Crippen molar-refractivity contribution in [3.8, 4) is 33.9 Å². The van der Waals surface area contributed by atoms with Gasteiger partial charge < -0.3 is 9.05 Å². The molecule has 0 atom stereocenters. The lowest BCUT2D eigenvalue weighted by molar-refractivity contribution is 0.287. The highest BCUT2D eigenvalue weighted by atomic mass is 31.2. The van der Waals surface area contributed by atoms with E-state index < -0.39 is 7.60 Å². The van der Waals surface area contributed by atoms with Crippen LogP contribution in [0, 0.1) is 0 Å². The third-order valence-corrected chi connectivity index (χ3v) is 6.57. The number of aromatic nitrogens is 3. The Morgan fingerprint density at radius 1 is 0.667 bits per heavy atom. The lowest BCUT2D eigenvalue weighted by Gasteiger charge is -2.14. The van der Waals surface area contributed by atoms with Crippen LogP contribution in [0.5, 0.6) is 0 Å². The first-order valence-electron chi connectivity index (χ1n) is 9.30. The molecule has 6 nitrogen and oxygen atoms in total. The molecule has 4 aromatic rings. The number of hydrogen-bond acceptors (Lipinski definition) is 6. The summed E-state index contributed by atoms with van der Waals surface area (Å²) in [5, 5.41) is 0.500. The number of pyridine rings is 3. The minimum absolute atomic E-state index is 0.500. The Kier molecular flexibility index (Phi) is 5.81. The molecule has 3 aromatic heterocycles. The molecule has 150 valence electrons. The van der Waals surface area contributed by atoms with E-state index in [0.29, 0.717) is 5.30 Å². The molecule has 0 aliphatic heterocycles. The van der Waals surface area contributed by atoms with Crippen molar-refractivity contribution in [2.75, 3.05) is 14.2 Å². The highest BCUT2D eigenvalue weighted by Gasteiger charge is 2.24. The van der Waals surface area contributed by atoms with Gasteiger partial charge in [0.25, 0.3) is 0 Å². The van der Waals surface area contributed by atoms with Crippen LogP contribution in [0.25, 0.3) is 33.9 Å². The zero-order valence-corrected chi connectivity index (χ0v) is 17.5. The first-order valence-corrected chi connectivity index (χ1v) is 10.8. The average molecular weight is 417 g/mol. The van der Waals surface area contributed by atoms with Crippen molar-refractivity contribution in [3.63, 3.8) is 0 Å². The lowest BCUT2D eigenvalue weighted by atomic mass is 10.0. The number of nitrogens with zero attached hydrogens (tertiary/aromatic N) is 3. The summed E-state index contributed by atoms with van der Waals surface area (Å²) in [6.45, 7) is 0. The van der Waals surface area contributed by atoms with Gasteiger partial charge >= 0.3 is 7.60 Å². The molecule has 3 heterocycles. The second-order valence-corrected chi connectivity index (χ2v) is 8.71. The summed E-state index contributed by atoms with van der Waals surface area (Å²) < 4.78 is 22.8. The van der Waals surface area contributed by atoms with Gasteiger partial charge in [-0.05, 0) is 59.7 Å². The number of hydrogen-bond donors (Lipinski definition) is 0. The van der Waals surface area contributed by atoms with Gasteiger partial charge in [0.2, 0.25) is 0 Å². The van der Waals surface area contributed by atoms with E-state index in [0.717, 1.165) is 33.9 Å². The molecule has 0 N–H and O–H groups in total. The summed E-state index contributed by atoms with van der Waals surface area (Å²) in [4.78, 5) is 13.6. The van der Waals surface area contributed by atoms with E-state index in [1.165, 1.54) is 14.2 Å². The lowest BCUT2D eigenvalue weighted by Crippen LogP contribution is -2.07. The average Bonchev–Trinajstić information content (AvgIpc) is 2.84. The molecule has 0 amide bonds. The quantitative estimate of drug-likeness (QED) is 0.412. The van der Waals surface area contributed by atoms with Gasteiger partial charge in [-0.1, -0.05) is 24.3 Å². The standard InChI is InChI=1S/C23H20N3O3P/c1-28-30(27,29-2)19-11-9-17(10-12-19)18-15-22(20-7-3-5-13-24-20)26-23(16-18)21-8-4-6-14-25-21/h3-16H,1-2H3. The van der Waals surface area contributed by atoms with E-state index in [1.807, 2.05) is 60.7 Å². The van der Waals surface area contributed by atoms with Crippen molar-refractivity contribution in [1.82, 2.24) is 15.0 Å². The summed E-state index contributed by atoms with van der Waals surface area (Å²) in [6, 6.07) is 22.7. The SMILES string of the molecule is COP(=O)(OC)c1ccc(-c2cc(-c3ccccn3)nc(-c3ccccn3)c2)cc1. The van der Waals surface area contributed by atoms with Crippen LogP contribution in [0.2, 0.25) is 0 Å². The Morgan fingerprint density at radius 3 is 1.63 bits per heavy atom. The Balaban J connectivity index is 1.82. The van der Waals surface area contributed by atoms with Crippen LogP contribution >= 0.6 is 7.60 Å². The highest BCUT2D eigenvalue weighted by molar-refractivity contribution is 7.62. The molecule has 7 heteroatoms. The molecular weight excluding hydrogens is 397 g/mol. The van der Waals surface area contributed by atoms with E-state index in [4.69, 9.17) is 14.0 Å². The predicted octanol–water partition coefficient (Wildman–Crippen LogP) is 4.98. The van der Waals surface area contributed by atoms with Gasteiger partial charge in [0, 0.05) is 26.6 Å². The number of rotatable bonds is 6. The Morgan fingerprint density at radius 2 is 1.20 bits per heavy atom. The van der Waals surface area contributed by atoms with Crippen molar-refractivity contribution in [1.29, 1.82) is 0 Å². The van der Waals surface area contributed by atoms with E-state index >= 15 is 0 Å². The molecule has 1 aromatic carbocycles. The third kappa shape index (κ3) is 4.07. The van der Waals surface area contributed by atoms with Crippen LogP contribution in [0.3, 0.4) is 0 Å².